The van der Waals surface area contributed by atoms with Gasteiger partial charge in [0, 0.05) is 38.2 Å². The lowest BCUT2D eigenvalue weighted by molar-refractivity contribution is 0.0988. The van der Waals surface area contributed by atoms with Crippen LogP contribution in [0.5, 0.6) is 0 Å². The van der Waals surface area contributed by atoms with Crippen LogP contribution in [0.25, 0.3) is 0 Å². The van der Waals surface area contributed by atoms with Crippen LogP contribution in [0.15, 0.2) is 23.1 Å². The molecule has 2 rings (SSSR count). The Morgan fingerprint density at radius 1 is 1.35 bits per heavy atom. The van der Waals surface area contributed by atoms with Gasteiger partial charge in [-0.1, -0.05) is 18.5 Å². The number of benzene rings is 1. The molecule has 1 aromatic carbocycles. The van der Waals surface area contributed by atoms with E-state index in [0.717, 1.165) is 0 Å². The standard InChI is InChI=1S/C13H17ClN2O3S/c1-2-13(17)11-9-10(3-4-12(11)14)20(18,19)16-7-5-15-6-8-16/h3-4,9,15H,2,5-8H2,1H3. The second-order valence-electron chi connectivity index (χ2n) is 4.57. The Kier molecular flexibility index (Phi) is 4.80. The molecule has 1 fully saturated rings. The highest BCUT2D eigenvalue weighted by atomic mass is 35.5. The van der Waals surface area contributed by atoms with Crippen molar-refractivity contribution < 1.29 is 13.2 Å². The van der Waals surface area contributed by atoms with E-state index in [2.05, 4.69) is 5.32 Å². The summed E-state index contributed by atoms with van der Waals surface area (Å²) in [5.41, 5.74) is 0.269. The van der Waals surface area contributed by atoms with Gasteiger partial charge in [0.2, 0.25) is 10.0 Å². The van der Waals surface area contributed by atoms with Crippen LogP contribution in [0.4, 0.5) is 0 Å². The van der Waals surface area contributed by atoms with Gasteiger partial charge in [0.1, 0.15) is 0 Å². The maximum Gasteiger partial charge on any atom is 0.243 e. The third-order valence-corrected chi connectivity index (χ3v) is 5.50. The van der Waals surface area contributed by atoms with E-state index in [0.29, 0.717) is 26.2 Å². The van der Waals surface area contributed by atoms with Gasteiger partial charge >= 0.3 is 0 Å². The molecule has 1 aliphatic rings. The molecule has 110 valence electrons. The molecule has 5 nitrogen and oxygen atoms in total. The second kappa shape index (κ2) is 6.22. The van der Waals surface area contributed by atoms with E-state index in [4.69, 9.17) is 11.6 Å². The fourth-order valence-corrected chi connectivity index (χ4v) is 3.79. The van der Waals surface area contributed by atoms with Crippen molar-refractivity contribution in [3.05, 3.63) is 28.8 Å². The van der Waals surface area contributed by atoms with Crippen LogP contribution in [-0.4, -0.2) is 44.7 Å². The van der Waals surface area contributed by atoms with E-state index >= 15 is 0 Å². The SMILES string of the molecule is CCC(=O)c1cc(S(=O)(=O)N2CCNCC2)ccc1Cl. The fraction of sp³-hybridized carbons (Fsp3) is 0.462. The maximum absolute atomic E-state index is 12.5. The molecule has 0 amide bonds. The number of carbonyl (C=O) groups is 1. The van der Waals surface area contributed by atoms with Crippen LogP contribution >= 0.6 is 11.6 Å². The zero-order chi connectivity index (χ0) is 14.8. The highest BCUT2D eigenvalue weighted by Crippen LogP contribution is 2.24. The van der Waals surface area contributed by atoms with Crippen molar-refractivity contribution in [3.63, 3.8) is 0 Å². The lowest BCUT2D eigenvalue weighted by Crippen LogP contribution is -2.46. The number of halogens is 1. The summed E-state index contributed by atoms with van der Waals surface area (Å²) < 4.78 is 26.4. The van der Waals surface area contributed by atoms with Gasteiger partial charge in [-0.3, -0.25) is 4.79 Å². The Balaban J connectivity index is 2.39. The summed E-state index contributed by atoms with van der Waals surface area (Å²) in [4.78, 5) is 11.9. The van der Waals surface area contributed by atoms with Crippen LogP contribution in [0.1, 0.15) is 23.7 Å². The first kappa shape index (κ1) is 15.4. The summed E-state index contributed by atoms with van der Waals surface area (Å²) >= 11 is 5.97. The molecule has 20 heavy (non-hydrogen) atoms. The number of nitrogens with one attached hydrogen (secondary N) is 1. The number of hydrogen-bond acceptors (Lipinski definition) is 4. The molecule has 0 aromatic heterocycles. The molecule has 1 aliphatic heterocycles. The van der Waals surface area contributed by atoms with E-state index in [1.165, 1.54) is 22.5 Å². The summed E-state index contributed by atoms with van der Waals surface area (Å²) in [6.07, 6.45) is 0.289. The van der Waals surface area contributed by atoms with Gasteiger partial charge < -0.3 is 5.32 Å². The van der Waals surface area contributed by atoms with Gasteiger partial charge in [0.25, 0.3) is 0 Å². The molecule has 0 radical (unpaired) electrons. The molecule has 0 spiro atoms. The largest absolute Gasteiger partial charge is 0.314 e. The van der Waals surface area contributed by atoms with Gasteiger partial charge in [-0.25, -0.2) is 8.42 Å². The summed E-state index contributed by atoms with van der Waals surface area (Å²) in [6.45, 7) is 3.85. The molecular formula is C13H17ClN2O3S. The predicted molar refractivity (Wildman–Crippen MR) is 77.7 cm³/mol. The third-order valence-electron chi connectivity index (χ3n) is 3.27. The van der Waals surface area contributed by atoms with Crippen LogP contribution in [0, 0.1) is 0 Å². The molecular weight excluding hydrogens is 300 g/mol. The van der Waals surface area contributed by atoms with Gasteiger partial charge in [-0.15, -0.1) is 0 Å². The van der Waals surface area contributed by atoms with Crippen molar-refractivity contribution in [1.82, 2.24) is 9.62 Å². The molecule has 0 unspecified atom stereocenters. The quantitative estimate of drug-likeness (QED) is 0.855. The lowest BCUT2D eigenvalue weighted by Gasteiger charge is -2.26. The summed E-state index contributed by atoms with van der Waals surface area (Å²) in [5.74, 6) is -0.160. The summed E-state index contributed by atoms with van der Waals surface area (Å²) in [7, 11) is -3.56. The topological polar surface area (TPSA) is 66.5 Å². The van der Waals surface area contributed by atoms with Gasteiger partial charge in [0.15, 0.2) is 5.78 Å². The minimum Gasteiger partial charge on any atom is -0.314 e. The molecule has 0 bridgehead atoms. The molecule has 1 aromatic rings. The zero-order valence-corrected chi connectivity index (χ0v) is 12.8. The highest BCUT2D eigenvalue weighted by molar-refractivity contribution is 7.89. The number of hydrogen-bond donors (Lipinski definition) is 1. The molecule has 1 saturated heterocycles. The van der Waals surface area contributed by atoms with E-state index < -0.39 is 10.0 Å². The first-order chi connectivity index (χ1) is 9.46. The number of Topliss-reactive ketones (excluding diaryl/α,β-unsaturated/α-hetero) is 1. The molecule has 0 aliphatic carbocycles. The number of carbonyl (C=O) groups excluding carboxylic acids is 1. The van der Waals surface area contributed by atoms with Gasteiger partial charge in [-0.2, -0.15) is 4.31 Å². The zero-order valence-electron chi connectivity index (χ0n) is 11.2. The van der Waals surface area contributed by atoms with Gasteiger partial charge in [0.05, 0.1) is 9.92 Å². The van der Waals surface area contributed by atoms with Crippen molar-refractivity contribution in [3.8, 4) is 0 Å². The van der Waals surface area contributed by atoms with E-state index in [1.54, 1.807) is 6.92 Å². The van der Waals surface area contributed by atoms with Crippen LogP contribution in [0.3, 0.4) is 0 Å². The highest BCUT2D eigenvalue weighted by Gasteiger charge is 2.26. The Morgan fingerprint density at radius 2 is 2.00 bits per heavy atom. The second-order valence-corrected chi connectivity index (χ2v) is 6.92. The van der Waals surface area contributed by atoms with Gasteiger partial charge in [-0.05, 0) is 18.2 Å². The minimum absolute atomic E-state index is 0.126. The predicted octanol–water partition coefficient (Wildman–Crippen LogP) is 1.53. The number of nitrogens with zero attached hydrogens (tertiary/aromatic N) is 1. The molecule has 0 saturated carbocycles. The van der Waals surface area contributed by atoms with Crippen molar-refractivity contribution in [2.75, 3.05) is 26.2 Å². The molecule has 1 N–H and O–H groups in total. The summed E-state index contributed by atoms with van der Waals surface area (Å²) in [6, 6.07) is 4.30. The van der Waals surface area contributed by atoms with Crippen molar-refractivity contribution in [1.29, 1.82) is 0 Å². The Labute approximate surface area is 124 Å². The molecule has 1 heterocycles. The average Bonchev–Trinajstić information content (AvgIpc) is 2.47. The number of piperazine rings is 1. The first-order valence-corrected chi connectivity index (χ1v) is 8.32. The monoisotopic (exact) mass is 316 g/mol. The number of ketones is 1. The number of sulfonamides is 1. The Morgan fingerprint density at radius 3 is 2.60 bits per heavy atom. The molecule has 0 atom stereocenters. The Bertz CT molecular complexity index is 610. The van der Waals surface area contributed by atoms with Crippen molar-refractivity contribution >= 4 is 27.4 Å². The van der Waals surface area contributed by atoms with Crippen molar-refractivity contribution in [2.45, 2.75) is 18.2 Å². The smallest absolute Gasteiger partial charge is 0.243 e. The first-order valence-electron chi connectivity index (χ1n) is 6.50. The van der Waals surface area contributed by atoms with Crippen LogP contribution < -0.4 is 5.32 Å². The van der Waals surface area contributed by atoms with E-state index in [1.807, 2.05) is 0 Å². The Hall–Kier alpha value is -0.950. The number of rotatable bonds is 4. The fourth-order valence-electron chi connectivity index (χ4n) is 2.10. The normalized spacial score (nSPS) is 17.1. The van der Waals surface area contributed by atoms with Crippen molar-refractivity contribution in [2.24, 2.45) is 0 Å². The maximum atomic E-state index is 12.5. The lowest BCUT2D eigenvalue weighted by atomic mass is 10.1. The minimum atomic E-state index is -3.56. The summed E-state index contributed by atoms with van der Waals surface area (Å²) in [5, 5.41) is 3.39. The third kappa shape index (κ3) is 3.03. The van der Waals surface area contributed by atoms with Crippen LogP contribution in [0.2, 0.25) is 5.02 Å². The van der Waals surface area contributed by atoms with E-state index in [-0.39, 0.29) is 27.7 Å². The van der Waals surface area contributed by atoms with E-state index in [9.17, 15) is 13.2 Å². The van der Waals surface area contributed by atoms with Crippen LogP contribution in [-0.2, 0) is 10.0 Å². The molecule has 7 heteroatoms. The average molecular weight is 317 g/mol.